The van der Waals surface area contributed by atoms with Crippen molar-refractivity contribution in [2.24, 2.45) is 12.0 Å². The second-order valence-corrected chi connectivity index (χ2v) is 6.89. The third-order valence-corrected chi connectivity index (χ3v) is 5.00. The van der Waals surface area contributed by atoms with E-state index in [1.165, 1.54) is 16.8 Å². The molecule has 1 saturated heterocycles. The summed E-state index contributed by atoms with van der Waals surface area (Å²) in [6.07, 6.45) is 3.90. The smallest absolute Gasteiger partial charge is 0.194 e. The van der Waals surface area contributed by atoms with Gasteiger partial charge in [-0.3, -0.25) is 4.68 Å². The van der Waals surface area contributed by atoms with Crippen molar-refractivity contribution in [2.45, 2.75) is 27.3 Å². The van der Waals surface area contributed by atoms with E-state index in [0.29, 0.717) is 6.54 Å². The van der Waals surface area contributed by atoms with Gasteiger partial charge in [-0.05, 0) is 38.0 Å². The van der Waals surface area contributed by atoms with Crippen LogP contribution in [-0.4, -0.2) is 53.4 Å². The number of aliphatic imine (C=N–C) groups is 1. The van der Waals surface area contributed by atoms with E-state index >= 15 is 0 Å². The molecule has 2 aromatic rings. The maximum Gasteiger partial charge on any atom is 0.194 e. The number of aromatic nitrogens is 2. The van der Waals surface area contributed by atoms with Crippen molar-refractivity contribution in [1.29, 1.82) is 0 Å². The summed E-state index contributed by atoms with van der Waals surface area (Å²) in [5.74, 6) is 0.997. The zero-order chi connectivity index (χ0) is 18.5. The maximum atomic E-state index is 4.81. The molecule has 0 radical (unpaired) electrons. The van der Waals surface area contributed by atoms with E-state index in [9.17, 15) is 0 Å². The van der Waals surface area contributed by atoms with Crippen LogP contribution in [-0.2, 0) is 13.6 Å². The Bertz CT molecular complexity index is 762. The quantitative estimate of drug-likeness (QED) is 0.414. The van der Waals surface area contributed by atoms with Crippen LogP contribution >= 0.6 is 24.0 Å². The summed E-state index contributed by atoms with van der Waals surface area (Å²) in [6, 6.07) is 6.58. The van der Waals surface area contributed by atoms with Crippen molar-refractivity contribution in [3.63, 3.8) is 0 Å². The summed E-state index contributed by atoms with van der Waals surface area (Å²) < 4.78 is 1.82. The standard InChI is InChI=1S/C20H30N6.HI/c1-5-21-20(22-13-18-14-23-24(4)15-18)26-11-9-25(10-12-26)19-8-6-7-16(2)17(19)3;/h6-8,14-15H,5,9-13H2,1-4H3,(H,21,22);1H. The lowest BCUT2D eigenvalue weighted by Gasteiger charge is -2.38. The van der Waals surface area contributed by atoms with Crippen LogP contribution in [0.1, 0.15) is 23.6 Å². The van der Waals surface area contributed by atoms with E-state index in [1.54, 1.807) is 0 Å². The van der Waals surface area contributed by atoms with Gasteiger partial charge in [-0.2, -0.15) is 5.10 Å². The molecule has 0 unspecified atom stereocenters. The highest BCUT2D eigenvalue weighted by molar-refractivity contribution is 14.0. The average molecular weight is 482 g/mol. The Hall–Kier alpha value is -1.77. The van der Waals surface area contributed by atoms with Gasteiger partial charge in [-0.15, -0.1) is 24.0 Å². The lowest BCUT2D eigenvalue weighted by atomic mass is 10.1. The number of hydrogen-bond donors (Lipinski definition) is 1. The van der Waals surface area contributed by atoms with E-state index in [2.05, 4.69) is 59.2 Å². The fourth-order valence-electron chi connectivity index (χ4n) is 3.38. The minimum absolute atomic E-state index is 0. The van der Waals surface area contributed by atoms with Crippen molar-refractivity contribution in [1.82, 2.24) is 20.0 Å². The van der Waals surface area contributed by atoms with E-state index < -0.39 is 0 Å². The van der Waals surface area contributed by atoms with Crippen LogP contribution in [0.4, 0.5) is 5.69 Å². The molecule has 0 spiro atoms. The molecular weight excluding hydrogens is 451 g/mol. The van der Waals surface area contributed by atoms with Crippen LogP contribution in [0.2, 0.25) is 0 Å². The van der Waals surface area contributed by atoms with Gasteiger partial charge in [0, 0.05) is 57.2 Å². The molecule has 7 heteroatoms. The minimum Gasteiger partial charge on any atom is -0.368 e. The van der Waals surface area contributed by atoms with E-state index in [4.69, 9.17) is 4.99 Å². The van der Waals surface area contributed by atoms with E-state index in [1.807, 2.05) is 24.1 Å². The average Bonchev–Trinajstić information content (AvgIpc) is 3.06. The summed E-state index contributed by atoms with van der Waals surface area (Å²) in [5.41, 5.74) is 5.24. The molecule has 1 N–H and O–H groups in total. The number of piperazine rings is 1. The topological polar surface area (TPSA) is 48.7 Å². The SMILES string of the molecule is CCNC(=NCc1cnn(C)c1)N1CCN(c2cccc(C)c2C)CC1.I. The van der Waals surface area contributed by atoms with Gasteiger partial charge in [0.2, 0.25) is 0 Å². The Morgan fingerprint density at radius 1 is 1.19 bits per heavy atom. The van der Waals surface area contributed by atoms with Crippen LogP contribution in [0, 0.1) is 13.8 Å². The van der Waals surface area contributed by atoms with Crippen molar-refractivity contribution >= 4 is 35.6 Å². The second-order valence-electron chi connectivity index (χ2n) is 6.89. The van der Waals surface area contributed by atoms with Crippen LogP contribution in [0.25, 0.3) is 0 Å². The maximum absolute atomic E-state index is 4.81. The molecule has 0 bridgehead atoms. The first kappa shape index (κ1) is 21.5. The van der Waals surface area contributed by atoms with Gasteiger partial charge in [0.05, 0.1) is 12.7 Å². The van der Waals surface area contributed by atoms with Gasteiger partial charge in [-0.25, -0.2) is 4.99 Å². The van der Waals surface area contributed by atoms with Crippen LogP contribution < -0.4 is 10.2 Å². The molecule has 0 amide bonds. The molecule has 0 atom stereocenters. The Labute approximate surface area is 179 Å². The van der Waals surface area contributed by atoms with Gasteiger partial charge in [0.15, 0.2) is 5.96 Å². The summed E-state index contributed by atoms with van der Waals surface area (Å²) in [6.45, 7) is 12.0. The Morgan fingerprint density at radius 3 is 2.56 bits per heavy atom. The fourth-order valence-corrected chi connectivity index (χ4v) is 3.38. The van der Waals surface area contributed by atoms with Crippen molar-refractivity contribution in [3.8, 4) is 0 Å². The second kappa shape index (κ2) is 9.96. The fraction of sp³-hybridized carbons (Fsp3) is 0.500. The highest BCUT2D eigenvalue weighted by atomic mass is 127. The number of benzene rings is 1. The number of halogens is 1. The number of nitrogens with zero attached hydrogens (tertiary/aromatic N) is 5. The molecule has 3 rings (SSSR count). The summed E-state index contributed by atoms with van der Waals surface area (Å²) in [7, 11) is 1.94. The van der Waals surface area contributed by atoms with Crippen LogP contribution in [0.5, 0.6) is 0 Å². The first-order valence-electron chi connectivity index (χ1n) is 9.40. The highest BCUT2D eigenvalue weighted by Gasteiger charge is 2.21. The summed E-state index contributed by atoms with van der Waals surface area (Å²) >= 11 is 0. The Balaban J connectivity index is 0.00000261. The molecule has 6 nitrogen and oxygen atoms in total. The van der Waals surface area contributed by atoms with Gasteiger partial charge in [-0.1, -0.05) is 12.1 Å². The van der Waals surface area contributed by atoms with Gasteiger partial charge in [0.1, 0.15) is 0 Å². The Morgan fingerprint density at radius 2 is 1.93 bits per heavy atom. The van der Waals surface area contributed by atoms with Gasteiger partial charge in [0.25, 0.3) is 0 Å². The Kier molecular flexibility index (Phi) is 7.94. The largest absolute Gasteiger partial charge is 0.368 e. The lowest BCUT2D eigenvalue weighted by Crippen LogP contribution is -2.52. The van der Waals surface area contributed by atoms with E-state index in [-0.39, 0.29) is 24.0 Å². The third-order valence-electron chi connectivity index (χ3n) is 5.00. The predicted molar refractivity (Wildman–Crippen MR) is 123 cm³/mol. The first-order chi connectivity index (χ1) is 12.6. The predicted octanol–water partition coefficient (Wildman–Crippen LogP) is 2.94. The lowest BCUT2D eigenvalue weighted by molar-refractivity contribution is 0.372. The number of hydrogen-bond acceptors (Lipinski definition) is 3. The number of anilines is 1. The number of aryl methyl sites for hydroxylation is 2. The molecule has 0 aliphatic carbocycles. The number of nitrogens with one attached hydrogen (secondary N) is 1. The van der Waals surface area contributed by atoms with Crippen molar-refractivity contribution in [3.05, 3.63) is 47.3 Å². The zero-order valence-electron chi connectivity index (χ0n) is 16.8. The molecule has 1 aromatic heterocycles. The monoisotopic (exact) mass is 482 g/mol. The summed E-state index contributed by atoms with van der Waals surface area (Å²) in [4.78, 5) is 9.66. The molecule has 0 saturated carbocycles. The molecule has 1 fully saturated rings. The number of guanidine groups is 1. The minimum atomic E-state index is 0. The summed E-state index contributed by atoms with van der Waals surface area (Å²) in [5, 5.41) is 7.65. The molecule has 148 valence electrons. The first-order valence-corrected chi connectivity index (χ1v) is 9.40. The molecule has 1 aromatic carbocycles. The number of rotatable bonds is 4. The molecular formula is C20H31IN6. The van der Waals surface area contributed by atoms with E-state index in [0.717, 1.165) is 44.2 Å². The third kappa shape index (κ3) is 5.37. The molecule has 2 heterocycles. The van der Waals surface area contributed by atoms with Gasteiger partial charge >= 0.3 is 0 Å². The highest BCUT2D eigenvalue weighted by Crippen LogP contribution is 2.23. The zero-order valence-corrected chi connectivity index (χ0v) is 19.1. The molecule has 27 heavy (non-hydrogen) atoms. The van der Waals surface area contributed by atoms with Crippen molar-refractivity contribution in [2.75, 3.05) is 37.6 Å². The van der Waals surface area contributed by atoms with Gasteiger partial charge < -0.3 is 15.1 Å². The van der Waals surface area contributed by atoms with Crippen LogP contribution in [0.3, 0.4) is 0 Å². The molecule has 1 aliphatic heterocycles. The molecule has 1 aliphatic rings. The van der Waals surface area contributed by atoms with Crippen molar-refractivity contribution < 1.29 is 0 Å². The van der Waals surface area contributed by atoms with Crippen LogP contribution in [0.15, 0.2) is 35.6 Å². The normalized spacial score (nSPS) is 14.9.